The second-order valence-electron chi connectivity index (χ2n) is 3.24. The standard InChI is InChI=1S/C9H11NO2S.ClH/c1-12-9(11)5-2-8(13-4-5)6-3-7(6)10;/h2,4,6-7H,3,10H2,1H3;1H. The van der Waals surface area contributed by atoms with Crippen LogP contribution in [-0.4, -0.2) is 19.1 Å². The minimum atomic E-state index is -0.267. The third-order valence-corrected chi connectivity index (χ3v) is 3.31. The fourth-order valence-electron chi connectivity index (χ4n) is 1.31. The maximum absolute atomic E-state index is 11.1. The van der Waals surface area contributed by atoms with Crippen molar-refractivity contribution >= 4 is 29.7 Å². The van der Waals surface area contributed by atoms with Gasteiger partial charge in [-0.05, 0) is 12.5 Å². The Morgan fingerprint density at radius 1 is 1.71 bits per heavy atom. The smallest absolute Gasteiger partial charge is 0.338 e. The zero-order valence-electron chi connectivity index (χ0n) is 7.73. The lowest BCUT2D eigenvalue weighted by molar-refractivity contribution is 0.0601. The minimum absolute atomic E-state index is 0. The summed E-state index contributed by atoms with van der Waals surface area (Å²) in [6.07, 6.45) is 1.04. The van der Waals surface area contributed by atoms with Crippen LogP contribution in [0.25, 0.3) is 0 Å². The van der Waals surface area contributed by atoms with Crippen LogP contribution in [0.1, 0.15) is 27.6 Å². The van der Waals surface area contributed by atoms with Gasteiger partial charge in [-0.15, -0.1) is 23.7 Å². The Bertz CT molecular complexity index is 339. The monoisotopic (exact) mass is 233 g/mol. The zero-order valence-corrected chi connectivity index (χ0v) is 9.36. The third-order valence-electron chi connectivity index (χ3n) is 2.25. The van der Waals surface area contributed by atoms with E-state index in [-0.39, 0.29) is 18.4 Å². The fraction of sp³-hybridized carbons (Fsp3) is 0.444. The number of ether oxygens (including phenoxy) is 1. The molecule has 2 rings (SSSR count). The van der Waals surface area contributed by atoms with Gasteiger partial charge in [0.15, 0.2) is 0 Å². The van der Waals surface area contributed by atoms with E-state index >= 15 is 0 Å². The van der Waals surface area contributed by atoms with Crippen molar-refractivity contribution in [2.75, 3.05) is 7.11 Å². The molecule has 1 fully saturated rings. The van der Waals surface area contributed by atoms with Gasteiger partial charge in [0.25, 0.3) is 0 Å². The number of nitrogens with two attached hydrogens (primary N) is 1. The topological polar surface area (TPSA) is 52.3 Å². The summed E-state index contributed by atoms with van der Waals surface area (Å²) in [5.41, 5.74) is 6.35. The summed E-state index contributed by atoms with van der Waals surface area (Å²) in [4.78, 5) is 12.3. The van der Waals surface area contributed by atoms with Crippen LogP contribution < -0.4 is 5.73 Å². The van der Waals surface area contributed by atoms with Gasteiger partial charge in [-0.2, -0.15) is 0 Å². The predicted octanol–water partition coefficient (Wildman–Crippen LogP) is 1.77. The molecule has 1 aliphatic rings. The van der Waals surface area contributed by atoms with Gasteiger partial charge < -0.3 is 10.5 Å². The lowest BCUT2D eigenvalue weighted by Gasteiger charge is -1.92. The van der Waals surface area contributed by atoms with Crippen LogP contribution in [0, 0.1) is 0 Å². The van der Waals surface area contributed by atoms with E-state index in [0.29, 0.717) is 17.5 Å². The highest BCUT2D eigenvalue weighted by Gasteiger charge is 2.36. The number of methoxy groups -OCH3 is 1. The molecule has 0 saturated heterocycles. The van der Waals surface area contributed by atoms with Crippen LogP contribution in [0.2, 0.25) is 0 Å². The first-order valence-electron chi connectivity index (χ1n) is 4.14. The molecular formula is C9H12ClNO2S. The van der Waals surface area contributed by atoms with Gasteiger partial charge in [0, 0.05) is 22.2 Å². The first-order valence-corrected chi connectivity index (χ1v) is 5.02. The molecule has 14 heavy (non-hydrogen) atoms. The number of hydrogen-bond donors (Lipinski definition) is 1. The molecule has 2 atom stereocenters. The quantitative estimate of drug-likeness (QED) is 0.793. The third kappa shape index (κ3) is 2.08. The number of carbonyl (C=O) groups is 1. The molecule has 1 aromatic heterocycles. The molecule has 1 aliphatic carbocycles. The normalized spacial score (nSPS) is 23.9. The Balaban J connectivity index is 0.000000980. The largest absolute Gasteiger partial charge is 0.465 e. The van der Waals surface area contributed by atoms with Gasteiger partial charge >= 0.3 is 5.97 Å². The lowest BCUT2D eigenvalue weighted by atomic mass is 10.2. The summed E-state index contributed by atoms with van der Waals surface area (Å²) >= 11 is 1.59. The summed E-state index contributed by atoms with van der Waals surface area (Å²) in [6.45, 7) is 0. The van der Waals surface area contributed by atoms with Crippen molar-refractivity contribution in [2.24, 2.45) is 5.73 Å². The van der Waals surface area contributed by atoms with Crippen LogP contribution >= 0.6 is 23.7 Å². The average Bonchev–Trinajstić information content (AvgIpc) is 2.70. The van der Waals surface area contributed by atoms with Crippen molar-refractivity contribution in [1.82, 2.24) is 0 Å². The predicted molar refractivity (Wildman–Crippen MR) is 58.2 cm³/mol. The molecule has 2 unspecified atom stereocenters. The van der Waals surface area contributed by atoms with E-state index in [1.807, 2.05) is 11.4 Å². The van der Waals surface area contributed by atoms with Crippen LogP contribution in [0.3, 0.4) is 0 Å². The second-order valence-corrected chi connectivity index (χ2v) is 4.18. The Morgan fingerprint density at radius 2 is 2.36 bits per heavy atom. The summed E-state index contributed by atoms with van der Waals surface area (Å²) in [6, 6.07) is 2.18. The van der Waals surface area contributed by atoms with Gasteiger partial charge in [0.1, 0.15) is 0 Å². The molecule has 2 N–H and O–H groups in total. The molecule has 0 amide bonds. The Hall–Kier alpha value is -0.580. The van der Waals surface area contributed by atoms with Gasteiger partial charge in [-0.3, -0.25) is 0 Å². The van der Waals surface area contributed by atoms with E-state index in [1.54, 1.807) is 11.3 Å². The maximum Gasteiger partial charge on any atom is 0.338 e. The van der Waals surface area contributed by atoms with Gasteiger partial charge in [-0.25, -0.2) is 4.79 Å². The van der Waals surface area contributed by atoms with E-state index < -0.39 is 0 Å². The van der Waals surface area contributed by atoms with Crippen LogP contribution in [-0.2, 0) is 4.74 Å². The molecule has 1 aromatic rings. The molecule has 0 spiro atoms. The summed E-state index contributed by atoms with van der Waals surface area (Å²) in [5.74, 6) is 0.208. The van der Waals surface area contributed by atoms with Crippen LogP contribution in [0.15, 0.2) is 11.4 Å². The van der Waals surface area contributed by atoms with Crippen molar-refractivity contribution in [3.8, 4) is 0 Å². The van der Waals surface area contributed by atoms with E-state index in [2.05, 4.69) is 4.74 Å². The highest BCUT2D eigenvalue weighted by molar-refractivity contribution is 7.10. The molecule has 0 aromatic carbocycles. The second kappa shape index (κ2) is 4.29. The molecule has 0 aliphatic heterocycles. The van der Waals surface area contributed by atoms with Crippen molar-refractivity contribution in [3.05, 3.63) is 21.9 Å². The molecular weight excluding hydrogens is 222 g/mol. The Kier molecular flexibility index (Phi) is 3.53. The first kappa shape index (κ1) is 11.5. The summed E-state index contributed by atoms with van der Waals surface area (Å²) in [7, 11) is 1.39. The van der Waals surface area contributed by atoms with Crippen molar-refractivity contribution in [1.29, 1.82) is 0 Å². The highest BCUT2D eigenvalue weighted by Crippen LogP contribution is 2.41. The number of esters is 1. The van der Waals surface area contributed by atoms with Crippen LogP contribution in [0.5, 0.6) is 0 Å². The summed E-state index contributed by atoms with van der Waals surface area (Å²) in [5, 5.41) is 1.83. The van der Waals surface area contributed by atoms with E-state index in [9.17, 15) is 4.79 Å². The molecule has 78 valence electrons. The van der Waals surface area contributed by atoms with Crippen molar-refractivity contribution in [2.45, 2.75) is 18.4 Å². The number of rotatable bonds is 2. The van der Waals surface area contributed by atoms with Crippen LogP contribution in [0.4, 0.5) is 0 Å². The lowest BCUT2D eigenvalue weighted by Crippen LogP contribution is -2.00. The number of thiophene rings is 1. The number of hydrogen-bond acceptors (Lipinski definition) is 4. The number of carbonyl (C=O) groups excluding carboxylic acids is 1. The zero-order chi connectivity index (χ0) is 9.42. The number of halogens is 1. The first-order chi connectivity index (χ1) is 6.22. The van der Waals surface area contributed by atoms with Gasteiger partial charge in [0.2, 0.25) is 0 Å². The van der Waals surface area contributed by atoms with Gasteiger partial charge in [-0.1, -0.05) is 0 Å². The average molecular weight is 234 g/mol. The maximum atomic E-state index is 11.1. The van der Waals surface area contributed by atoms with Crippen molar-refractivity contribution in [3.63, 3.8) is 0 Å². The molecule has 1 saturated carbocycles. The molecule has 1 heterocycles. The van der Waals surface area contributed by atoms with Crippen molar-refractivity contribution < 1.29 is 9.53 Å². The Labute approximate surface area is 92.7 Å². The van der Waals surface area contributed by atoms with Gasteiger partial charge in [0.05, 0.1) is 12.7 Å². The summed E-state index contributed by atoms with van der Waals surface area (Å²) < 4.78 is 4.61. The van der Waals surface area contributed by atoms with E-state index in [0.717, 1.165) is 6.42 Å². The Morgan fingerprint density at radius 3 is 2.86 bits per heavy atom. The van der Waals surface area contributed by atoms with E-state index in [1.165, 1.54) is 12.0 Å². The molecule has 3 nitrogen and oxygen atoms in total. The fourth-order valence-corrected chi connectivity index (χ4v) is 2.38. The minimum Gasteiger partial charge on any atom is -0.465 e. The van der Waals surface area contributed by atoms with E-state index in [4.69, 9.17) is 5.73 Å². The molecule has 0 bridgehead atoms. The molecule has 0 radical (unpaired) electrons. The molecule has 5 heteroatoms. The SMILES string of the molecule is COC(=O)c1csc(C2CC2N)c1.Cl. The highest BCUT2D eigenvalue weighted by atomic mass is 35.5.